The van der Waals surface area contributed by atoms with Gasteiger partial charge in [0.25, 0.3) is 0 Å². The van der Waals surface area contributed by atoms with Gasteiger partial charge in [0.15, 0.2) is 0 Å². The molecule has 1 aromatic carbocycles. The fraction of sp³-hybridized carbons (Fsp3) is 0.500. The number of amides is 1. The van der Waals surface area contributed by atoms with Crippen LogP contribution < -0.4 is 11.1 Å². The van der Waals surface area contributed by atoms with E-state index in [1.165, 1.54) is 0 Å². The molecule has 0 aromatic heterocycles. The number of nitrogens with one attached hydrogen (secondary N) is 1. The summed E-state index contributed by atoms with van der Waals surface area (Å²) in [7, 11) is 0. The van der Waals surface area contributed by atoms with Crippen molar-refractivity contribution in [3.63, 3.8) is 0 Å². The predicted molar refractivity (Wildman–Crippen MR) is 80.4 cm³/mol. The van der Waals surface area contributed by atoms with Gasteiger partial charge in [-0.15, -0.1) is 0 Å². The van der Waals surface area contributed by atoms with E-state index in [1.54, 1.807) is 12.1 Å². The molecule has 1 rings (SSSR count). The van der Waals surface area contributed by atoms with Crippen LogP contribution in [-0.2, 0) is 4.79 Å². The van der Waals surface area contributed by atoms with Crippen molar-refractivity contribution >= 4 is 29.1 Å². The molecule has 5 heteroatoms. The van der Waals surface area contributed by atoms with Crippen LogP contribution in [0.2, 0.25) is 10.0 Å². The van der Waals surface area contributed by atoms with E-state index in [9.17, 15) is 4.79 Å². The van der Waals surface area contributed by atoms with Gasteiger partial charge in [0.2, 0.25) is 5.91 Å². The zero-order valence-corrected chi connectivity index (χ0v) is 12.9. The van der Waals surface area contributed by atoms with Gasteiger partial charge in [0, 0.05) is 16.6 Å². The van der Waals surface area contributed by atoms with Crippen molar-refractivity contribution in [2.45, 2.75) is 26.8 Å². The normalized spacial score (nSPS) is 14.3. The molecule has 0 aliphatic heterocycles. The summed E-state index contributed by atoms with van der Waals surface area (Å²) in [6, 6.07) is 5.07. The van der Waals surface area contributed by atoms with E-state index in [2.05, 4.69) is 5.32 Å². The van der Waals surface area contributed by atoms with Crippen molar-refractivity contribution in [2.75, 3.05) is 6.54 Å². The molecule has 19 heavy (non-hydrogen) atoms. The molecule has 2 unspecified atom stereocenters. The first-order valence-corrected chi connectivity index (χ1v) is 7.07. The smallest absolute Gasteiger partial charge is 0.225 e. The topological polar surface area (TPSA) is 55.1 Å². The molecule has 0 saturated heterocycles. The molecule has 0 saturated carbocycles. The van der Waals surface area contributed by atoms with Crippen molar-refractivity contribution in [3.8, 4) is 0 Å². The Balaban J connectivity index is 2.79. The van der Waals surface area contributed by atoms with Crippen LogP contribution in [0.5, 0.6) is 0 Å². The van der Waals surface area contributed by atoms with Crippen LogP contribution >= 0.6 is 23.2 Å². The highest BCUT2D eigenvalue weighted by Crippen LogP contribution is 2.26. The van der Waals surface area contributed by atoms with Crippen LogP contribution in [0.3, 0.4) is 0 Å². The molecular weight excluding hydrogens is 283 g/mol. The van der Waals surface area contributed by atoms with Crippen molar-refractivity contribution in [2.24, 2.45) is 17.6 Å². The van der Waals surface area contributed by atoms with Crippen LogP contribution in [0.25, 0.3) is 0 Å². The van der Waals surface area contributed by atoms with E-state index in [0.717, 1.165) is 5.56 Å². The van der Waals surface area contributed by atoms with Gasteiger partial charge >= 0.3 is 0 Å². The molecule has 0 heterocycles. The Labute approximate surface area is 124 Å². The summed E-state index contributed by atoms with van der Waals surface area (Å²) in [5.74, 6) is -0.0255. The molecule has 1 aromatic rings. The van der Waals surface area contributed by atoms with Crippen LogP contribution in [0, 0.1) is 11.8 Å². The largest absolute Gasteiger partial charge is 0.349 e. The van der Waals surface area contributed by atoms with E-state index in [4.69, 9.17) is 28.9 Å². The maximum absolute atomic E-state index is 12.1. The second kappa shape index (κ2) is 7.13. The average molecular weight is 303 g/mol. The van der Waals surface area contributed by atoms with E-state index in [0.29, 0.717) is 16.6 Å². The van der Waals surface area contributed by atoms with Gasteiger partial charge in [-0.25, -0.2) is 0 Å². The van der Waals surface area contributed by atoms with Gasteiger partial charge in [-0.2, -0.15) is 0 Å². The molecule has 3 nitrogen and oxygen atoms in total. The van der Waals surface area contributed by atoms with Gasteiger partial charge in [-0.3, -0.25) is 4.79 Å². The number of benzene rings is 1. The summed E-state index contributed by atoms with van der Waals surface area (Å²) in [4.78, 5) is 12.1. The fourth-order valence-corrected chi connectivity index (χ4v) is 2.50. The summed E-state index contributed by atoms with van der Waals surface area (Å²) in [5.41, 5.74) is 6.48. The second-order valence-electron chi connectivity index (χ2n) is 4.98. The summed E-state index contributed by atoms with van der Waals surface area (Å²) in [6.45, 7) is 6.19. The Morgan fingerprint density at radius 2 is 1.95 bits per heavy atom. The molecule has 106 valence electrons. The minimum absolute atomic E-state index is 0.0454. The third-order valence-electron chi connectivity index (χ3n) is 3.18. The Hall–Kier alpha value is -0.770. The molecule has 0 radical (unpaired) electrons. The SMILES string of the molecule is CC(NC(=O)C(CN)C(C)C)c1ccc(Cl)cc1Cl. The number of halogens is 2. The quantitative estimate of drug-likeness (QED) is 0.876. The molecule has 3 N–H and O–H groups in total. The Bertz CT molecular complexity index is 449. The fourth-order valence-electron chi connectivity index (χ4n) is 1.93. The minimum Gasteiger partial charge on any atom is -0.349 e. The van der Waals surface area contributed by atoms with Crippen molar-refractivity contribution in [1.29, 1.82) is 0 Å². The first kappa shape index (κ1) is 16.3. The lowest BCUT2D eigenvalue weighted by Gasteiger charge is -2.22. The molecular formula is C14H20Cl2N2O. The van der Waals surface area contributed by atoms with E-state index in [-0.39, 0.29) is 23.8 Å². The lowest BCUT2D eigenvalue weighted by molar-refractivity contribution is -0.126. The average Bonchev–Trinajstić information content (AvgIpc) is 2.28. The highest BCUT2D eigenvalue weighted by atomic mass is 35.5. The van der Waals surface area contributed by atoms with Crippen LogP contribution in [0.15, 0.2) is 18.2 Å². The number of rotatable bonds is 5. The van der Waals surface area contributed by atoms with Crippen molar-refractivity contribution in [3.05, 3.63) is 33.8 Å². The second-order valence-corrected chi connectivity index (χ2v) is 5.83. The molecule has 0 bridgehead atoms. The summed E-state index contributed by atoms with van der Waals surface area (Å²) in [5, 5.41) is 4.07. The molecule has 0 aliphatic rings. The number of carbonyl (C=O) groups is 1. The molecule has 2 atom stereocenters. The number of hydrogen-bond donors (Lipinski definition) is 2. The first-order valence-electron chi connectivity index (χ1n) is 6.32. The van der Waals surface area contributed by atoms with Gasteiger partial charge in [-0.05, 0) is 30.5 Å². The Morgan fingerprint density at radius 1 is 1.32 bits per heavy atom. The van der Waals surface area contributed by atoms with Gasteiger partial charge in [0.05, 0.1) is 12.0 Å². The zero-order valence-electron chi connectivity index (χ0n) is 11.4. The van der Waals surface area contributed by atoms with E-state index >= 15 is 0 Å². The van der Waals surface area contributed by atoms with Gasteiger partial charge < -0.3 is 11.1 Å². The maximum Gasteiger partial charge on any atom is 0.225 e. The maximum atomic E-state index is 12.1. The predicted octanol–water partition coefficient (Wildman–Crippen LogP) is 3.40. The molecule has 0 spiro atoms. The third-order valence-corrected chi connectivity index (χ3v) is 3.75. The molecule has 0 aliphatic carbocycles. The van der Waals surface area contributed by atoms with E-state index < -0.39 is 0 Å². The van der Waals surface area contributed by atoms with Crippen LogP contribution in [0.4, 0.5) is 0 Å². The lowest BCUT2D eigenvalue weighted by Crippen LogP contribution is -2.39. The summed E-state index contributed by atoms with van der Waals surface area (Å²) in [6.07, 6.45) is 0. The standard InChI is InChI=1S/C14H20Cl2N2O/c1-8(2)12(7-17)14(19)18-9(3)11-5-4-10(15)6-13(11)16/h4-6,8-9,12H,7,17H2,1-3H3,(H,18,19). The van der Waals surface area contributed by atoms with Crippen molar-refractivity contribution in [1.82, 2.24) is 5.32 Å². The Morgan fingerprint density at radius 3 is 2.42 bits per heavy atom. The molecule has 1 amide bonds. The highest BCUT2D eigenvalue weighted by Gasteiger charge is 2.22. The number of hydrogen-bond acceptors (Lipinski definition) is 2. The number of nitrogens with two attached hydrogens (primary N) is 1. The summed E-state index contributed by atoms with van der Waals surface area (Å²) >= 11 is 12.0. The monoisotopic (exact) mass is 302 g/mol. The van der Waals surface area contributed by atoms with Crippen molar-refractivity contribution < 1.29 is 4.79 Å². The van der Waals surface area contributed by atoms with Crippen LogP contribution in [0.1, 0.15) is 32.4 Å². The van der Waals surface area contributed by atoms with Gasteiger partial charge in [0.1, 0.15) is 0 Å². The molecule has 0 fully saturated rings. The van der Waals surface area contributed by atoms with Crippen LogP contribution in [-0.4, -0.2) is 12.5 Å². The lowest BCUT2D eigenvalue weighted by atomic mass is 9.94. The minimum atomic E-state index is -0.187. The zero-order chi connectivity index (χ0) is 14.6. The highest BCUT2D eigenvalue weighted by molar-refractivity contribution is 6.35. The first-order chi connectivity index (χ1) is 8.86. The number of carbonyl (C=O) groups excluding carboxylic acids is 1. The van der Waals surface area contributed by atoms with Gasteiger partial charge in [-0.1, -0.05) is 43.1 Å². The third kappa shape index (κ3) is 4.37. The van der Waals surface area contributed by atoms with E-state index in [1.807, 2.05) is 26.8 Å². The summed E-state index contributed by atoms with van der Waals surface area (Å²) < 4.78 is 0. The Kier molecular flexibility index (Phi) is 6.11.